The minimum absolute atomic E-state index is 0.244. The molecule has 0 saturated carbocycles. The predicted molar refractivity (Wildman–Crippen MR) is 139 cm³/mol. The molecule has 192 valence electrons. The maximum Gasteiger partial charge on any atom is 0.295 e. The molecule has 0 atom stereocenters. The van der Waals surface area contributed by atoms with Crippen LogP contribution in [0.15, 0.2) is 43.0 Å². The van der Waals surface area contributed by atoms with E-state index in [-0.39, 0.29) is 5.56 Å². The second-order valence-corrected chi connectivity index (χ2v) is 9.79. The average molecular weight is 531 g/mol. The Balaban J connectivity index is 1.22. The predicted octanol–water partition coefficient (Wildman–Crippen LogP) is 1.91. The topological polar surface area (TPSA) is 148 Å². The maximum absolute atomic E-state index is 13.4. The number of hydrogen-bond acceptors (Lipinski definition) is 11. The lowest BCUT2D eigenvalue weighted by Crippen LogP contribution is -2.51. The van der Waals surface area contributed by atoms with Crippen molar-refractivity contribution in [3.8, 4) is 22.1 Å². The minimum atomic E-state index is -0.612. The van der Waals surface area contributed by atoms with Gasteiger partial charge in [-0.15, -0.1) is 11.3 Å². The number of H-pyrrole nitrogens is 1. The van der Waals surface area contributed by atoms with Crippen molar-refractivity contribution in [2.75, 3.05) is 38.2 Å². The van der Waals surface area contributed by atoms with Crippen molar-refractivity contribution in [2.24, 2.45) is 0 Å². The highest BCUT2D eigenvalue weighted by Gasteiger charge is 2.31. The van der Waals surface area contributed by atoms with Crippen molar-refractivity contribution in [1.29, 1.82) is 0 Å². The molecular weight excluding hydrogens is 508 g/mol. The highest BCUT2D eigenvalue weighted by molar-refractivity contribution is 7.15. The zero-order valence-corrected chi connectivity index (χ0v) is 21.3. The van der Waals surface area contributed by atoms with Crippen molar-refractivity contribution in [1.82, 2.24) is 45.0 Å². The summed E-state index contributed by atoms with van der Waals surface area (Å²) in [6.45, 7) is 3.51. The van der Waals surface area contributed by atoms with Gasteiger partial charge in [0.05, 0.1) is 39.7 Å². The third kappa shape index (κ3) is 4.04. The fraction of sp³-hybridized carbons (Fsp3) is 0.250. The molecule has 1 fully saturated rings. The molecule has 0 unspecified atom stereocenters. The molecule has 0 aliphatic carbocycles. The standard InChI is InChI=1S/C24H22N10O3S/c1-14-26-13-17(38-14)20-21-19(16(37-2)12-28-20)15(11-27-21)22(35)23(36)32-7-9-33(10-8-32)24-29-30-31-34(24)18-5-3-4-6-25-18/h3-6,11-13,27H,7-10H2,1-2H3. The van der Waals surface area contributed by atoms with Crippen molar-refractivity contribution in [3.05, 3.63) is 53.6 Å². The molecule has 6 heterocycles. The van der Waals surface area contributed by atoms with Gasteiger partial charge in [-0.25, -0.2) is 15.0 Å². The summed E-state index contributed by atoms with van der Waals surface area (Å²) in [7, 11) is 1.51. The summed E-state index contributed by atoms with van der Waals surface area (Å²) < 4.78 is 7.05. The van der Waals surface area contributed by atoms with Gasteiger partial charge in [-0.05, 0) is 29.5 Å². The number of aryl methyl sites for hydroxylation is 1. The fourth-order valence-corrected chi connectivity index (χ4v) is 5.27. The molecule has 1 aliphatic heterocycles. The molecular formula is C24H22N10O3S. The second-order valence-electron chi connectivity index (χ2n) is 8.56. The number of amides is 1. The van der Waals surface area contributed by atoms with Gasteiger partial charge in [0.15, 0.2) is 5.82 Å². The molecule has 1 saturated heterocycles. The molecule has 0 bridgehead atoms. The highest BCUT2D eigenvalue weighted by Crippen LogP contribution is 2.36. The Bertz CT molecular complexity index is 1640. The largest absolute Gasteiger partial charge is 0.494 e. The van der Waals surface area contributed by atoms with Gasteiger partial charge < -0.3 is 19.5 Å². The molecule has 5 aromatic heterocycles. The first kappa shape index (κ1) is 23.7. The minimum Gasteiger partial charge on any atom is -0.494 e. The molecule has 38 heavy (non-hydrogen) atoms. The Morgan fingerprint density at radius 2 is 1.92 bits per heavy atom. The second kappa shape index (κ2) is 9.63. The van der Waals surface area contributed by atoms with E-state index >= 15 is 0 Å². The molecule has 1 N–H and O–H groups in total. The van der Waals surface area contributed by atoms with Crippen LogP contribution >= 0.6 is 11.3 Å². The molecule has 0 spiro atoms. The number of ether oxygens (including phenoxy) is 1. The summed E-state index contributed by atoms with van der Waals surface area (Å²) in [4.78, 5) is 47.4. The number of hydrogen-bond donors (Lipinski definition) is 1. The lowest BCUT2D eigenvalue weighted by molar-refractivity contribution is -0.126. The van der Waals surface area contributed by atoms with E-state index in [0.717, 1.165) is 9.88 Å². The Morgan fingerprint density at radius 1 is 1.08 bits per heavy atom. The van der Waals surface area contributed by atoms with Crippen molar-refractivity contribution >= 4 is 39.9 Å². The summed E-state index contributed by atoms with van der Waals surface area (Å²) in [5.74, 6) is 0.343. The zero-order chi connectivity index (χ0) is 26.2. The molecule has 0 aromatic carbocycles. The van der Waals surface area contributed by atoms with Crippen LogP contribution in [-0.4, -0.2) is 90.0 Å². The van der Waals surface area contributed by atoms with Gasteiger partial charge in [-0.3, -0.25) is 9.59 Å². The lowest BCUT2D eigenvalue weighted by atomic mass is 10.1. The smallest absolute Gasteiger partial charge is 0.295 e. The number of tetrazole rings is 1. The number of Topliss-reactive ketones (excluding diaryl/α,β-unsaturated/α-hetero) is 1. The van der Waals surface area contributed by atoms with Gasteiger partial charge in [0.25, 0.3) is 17.6 Å². The third-order valence-corrected chi connectivity index (χ3v) is 7.28. The number of methoxy groups -OCH3 is 1. The van der Waals surface area contributed by atoms with Crippen LogP contribution in [-0.2, 0) is 4.79 Å². The van der Waals surface area contributed by atoms with Gasteiger partial charge in [0.1, 0.15) is 11.4 Å². The van der Waals surface area contributed by atoms with Crippen LogP contribution in [0.1, 0.15) is 15.4 Å². The third-order valence-electron chi connectivity index (χ3n) is 6.36. The first-order valence-corrected chi connectivity index (χ1v) is 12.6. The summed E-state index contributed by atoms with van der Waals surface area (Å²) in [6.07, 6.45) is 6.52. The molecule has 6 rings (SSSR count). The molecule has 5 aromatic rings. The first-order valence-electron chi connectivity index (χ1n) is 11.8. The number of fused-ring (bicyclic) bond motifs is 1. The van der Waals surface area contributed by atoms with E-state index in [0.29, 0.717) is 60.3 Å². The Labute approximate surface area is 220 Å². The fourth-order valence-electron chi connectivity index (χ4n) is 4.49. The van der Waals surface area contributed by atoms with E-state index in [1.54, 1.807) is 34.4 Å². The monoisotopic (exact) mass is 530 g/mol. The van der Waals surface area contributed by atoms with Gasteiger partial charge in [-0.1, -0.05) is 11.2 Å². The Kier molecular flexibility index (Phi) is 5.99. The summed E-state index contributed by atoms with van der Waals surface area (Å²) in [5.41, 5.74) is 1.51. The normalized spacial score (nSPS) is 13.7. The molecule has 1 amide bonds. The average Bonchev–Trinajstić information content (AvgIpc) is 3.72. The SMILES string of the molecule is COc1cnc(-c2cnc(C)s2)c2[nH]cc(C(=O)C(=O)N3CCN(c4nnnn4-c4ccccn4)CC3)c12. The number of carbonyl (C=O) groups excluding carboxylic acids is 2. The van der Waals surface area contributed by atoms with E-state index < -0.39 is 11.7 Å². The quantitative estimate of drug-likeness (QED) is 0.255. The Hall–Kier alpha value is -4.72. The van der Waals surface area contributed by atoms with E-state index in [2.05, 4.69) is 35.5 Å². The van der Waals surface area contributed by atoms with Gasteiger partial charge in [0.2, 0.25) is 0 Å². The van der Waals surface area contributed by atoms with Crippen molar-refractivity contribution in [2.45, 2.75) is 6.92 Å². The zero-order valence-electron chi connectivity index (χ0n) is 20.5. The lowest BCUT2D eigenvalue weighted by Gasteiger charge is -2.34. The van der Waals surface area contributed by atoms with Crippen LogP contribution in [0.25, 0.3) is 27.3 Å². The van der Waals surface area contributed by atoms with E-state index in [1.165, 1.54) is 18.4 Å². The number of nitrogens with one attached hydrogen (secondary N) is 1. The first-order chi connectivity index (χ1) is 18.5. The molecule has 14 heteroatoms. The summed E-state index contributed by atoms with van der Waals surface area (Å²) >= 11 is 1.50. The summed E-state index contributed by atoms with van der Waals surface area (Å²) in [5, 5.41) is 13.4. The number of aromatic nitrogens is 8. The molecule has 13 nitrogen and oxygen atoms in total. The van der Waals surface area contributed by atoms with E-state index in [1.807, 2.05) is 30.0 Å². The number of rotatable bonds is 6. The van der Waals surface area contributed by atoms with Crippen LogP contribution in [0.4, 0.5) is 5.95 Å². The molecule has 1 aliphatic rings. The van der Waals surface area contributed by atoms with Crippen LogP contribution < -0.4 is 9.64 Å². The number of carbonyl (C=O) groups is 2. The van der Waals surface area contributed by atoms with Crippen LogP contribution in [0.2, 0.25) is 0 Å². The van der Waals surface area contributed by atoms with Gasteiger partial charge in [0, 0.05) is 44.8 Å². The van der Waals surface area contributed by atoms with Crippen LogP contribution in [0, 0.1) is 6.92 Å². The number of pyridine rings is 2. The number of nitrogens with zero attached hydrogens (tertiary/aromatic N) is 9. The number of aromatic amines is 1. The van der Waals surface area contributed by atoms with Crippen LogP contribution in [0.5, 0.6) is 5.75 Å². The van der Waals surface area contributed by atoms with Gasteiger partial charge in [-0.2, -0.15) is 4.68 Å². The number of piperazine rings is 1. The van der Waals surface area contributed by atoms with Crippen molar-refractivity contribution < 1.29 is 14.3 Å². The number of thiazole rings is 1. The van der Waals surface area contributed by atoms with Gasteiger partial charge >= 0.3 is 0 Å². The maximum atomic E-state index is 13.4. The highest BCUT2D eigenvalue weighted by atomic mass is 32.1. The summed E-state index contributed by atoms with van der Waals surface area (Å²) in [6, 6.07) is 5.48. The number of anilines is 1. The molecule has 0 radical (unpaired) electrons. The number of ketones is 1. The van der Waals surface area contributed by atoms with E-state index in [9.17, 15) is 9.59 Å². The Morgan fingerprint density at radius 3 is 2.63 bits per heavy atom. The van der Waals surface area contributed by atoms with Crippen molar-refractivity contribution in [3.63, 3.8) is 0 Å². The van der Waals surface area contributed by atoms with E-state index in [4.69, 9.17) is 4.74 Å². The van der Waals surface area contributed by atoms with Crippen LogP contribution in [0.3, 0.4) is 0 Å².